The number of aliphatic carboxylic acids is 1. The molecule has 286 valence electrons. The lowest BCUT2D eigenvalue weighted by molar-refractivity contribution is -0.235. The molecule has 9 nitrogen and oxygen atoms in total. The first kappa shape index (κ1) is 38.5. The van der Waals surface area contributed by atoms with Crippen LogP contribution in [0.3, 0.4) is 0 Å². The van der Waals surface area contributed by atoms with Crippen LogP contribution in [0.15, 0.2) is 11.1 Å². The number of esters is 1. The molecule has 9 heteroatoms. The minimum Gasteiger partial charge on any atom is -0.481 e. The molecule has 0 spiro atoms. The normalized spacial score (nSPS) is 40.2. The van der Waals surface area contributed by atoms with E-state index in [9.17, 15) is 29.4 Å². The fourth-order valence-corrected chi connectivity index (χ4v) is 13.4. The van der Waals surface area contributed by atoms with Crippen LogP contribution < -0.4 is 0 Å². The lowest BCUT2D eigenvalue weighted by Crippen LogP contribution is -2.66. The number of hydrogen-bond acceptors (Lipinski definition) is 7. The number of Topliss-reactive ketones (excluding diaryl/α,β-unsaturated/α-hetero) is 1. The minimum atomic E-state index is -1.17. The lowest BCUT2D eigenvalue weighted by Gasteiger charge is -2.72. The number of carboxylic acids is 1. The second kappa shape index (κ2) is 13.0. The number of fused-ring (bicyclic) bond motifs is 7. The molecule has 1 heterocycles. The third kappa shape index (κ3) is 5.84. The summed E-state index contributed by atoms with van der Waals surface area (Å²) in [5.74, 6) is 0.0308. The number of rotatable bonds is 9. The Labute approximate surface area is 306 Å². The molecule has 0 aromatic heterocycles. The fraction of sp³-hybridized carbons (Fsp3) is 0.857. The molecule has 2 N–H and O–H groups in total. The van der Waals surface area contributed by atoms with Crippen LogP contribution in [0, 0.1) is 56.2 Å². The molecule has 1 amide bonds. The summed E-state index contributed by atoms with van der Waals surface area (Å²) in [5.41, 5.74) is 0.449. The Morgan fingerprint density at radius 1 is 0.922 bits per heavy atom. The van der Waals surface area contributed by atoms with E-state index in [1.54, 1.807) is 18.7 Å². The molecule has 5 fully saturated rings. The number of ether oxygens (including phenoxy) is 1. The van der Waals surface area contributed by atoms with Crippen molar-refractivity contribution in [2.24, 2.45) is 56.2 Å². The predicted octanol–water partition coefficient (Wildman–Crippen LogP) is 6.51. The lowest BCUT2D eigenvalue weighted by atomic mass is 9.33. The number of carboxylic acid groups (broad SMARTS) is 1. The van der Waals surface area contributed by atoms with Crippen LogP contribution in [0.4, 0.5) is 0 Å². The van der Waals surface area contributed by atoms with Crippen molar-refractivity contribution in [3.63, 3.8) is 0 Å². The Bertz CT molecular complexity index is 1460. The SMILES string of the molecule is CC(C)C1=C2C3CCC4C5(C)CCC(OC(=O)CC(C)(C)C(=O)O)C(C)(C)C5CCC4(C)C3(C)CCC2(C(O)CN2CCN(C=O)CC2)CC1=O. The molecule has 6 aliphatic rings. The van der Waals surface area contributed by atoms with Crippen molar-refractivity contribution in [2.45, 2.75) is 139 Å². The third-order valence-corrected chi connectivity index (χ3v) is 16.5. The Morgan fingerprint density at radius 3 is 2.20 bits per heavy atom. The van der Waals surface area contributed by atoms with Crippen molar-refractivity contribution in [1.82, 2.24) is 9.80 Å². The summed E-state index contributed by atoms with van der Waals surface area (Å²) in [5, 5.41) is 21.9. The number of aliphatic hydroxyl groups excluding tert-OH is 1. The molecule has 1 aliphatic heterocycles. The first-order valence-electron chi connectivity index (χ1n) is 20.0. The first-order chi connectivity index (χ1) is 23.7. The van der Waals surface area contributed by atoms with Gasteiger partial charge in [0.25, 0.3) is 0 Å². The quantitative estimate of drug-likeness (QED) is 0.205. The highest BCUT2D eigenvalue weighted by molar-refractivity contribution is 6.00. The molecule has 4 saturated carbocycles. The van der Waals surface area contributed by atoms with E-state index in [2.05, 4.69) is 53.4 Å². The van der Waals surface area contributed by atoms with Gasteiger partial charge in [-0.25, -0.2) is 0 Å². The van der Waals surface area contributed by atoms with Gasteiger partial charge in [-0.15, -0.1) is 0 Å². The number of allylic oxidation sites excluding steroid dienone is 1. The second-order valence-corrected chi connectivity index (χ2v) is 20.0. The molecule has 0 aromatic carbocycles. The van der Waals surface area contributed by atoms with Gasteiger partial charge in [-0.2, -0.15) is 0 Å². The molecule has 6 rings (SSSR count). The average Bonchev–Trinajstić information content (AvgIpc) is 3.36. The molecule has 9 unspecified atom stereocenters. The average molecular weight is 711 g/mol. The van der Waals surface area contributed by atoms with Crippen LogP contribution >= 0.6 is 0 Å². The van der Waals surface area contributed by atoms with Crippen LogP contribution in [0.5, 0.6) is 0 Å². The van der Waals surface area contributed by atoms with Crippen LogP contribution in [0.25, 0.3) is 0 Å². The number of aliphatic hydroxyl groups is 1. The fourth-order valence-electron chi connectivity index (χ4n) is 13.4. The van der Waals surface area contributed by atoms with Crippen LogP contribution in [-0.2, 0) is 23.9 Å². The van der Waals surface area contributed by atoms with Crippen LogP contribution in [0.2, 0.25) is 0 Å². The number of carbonyl (C=O) groups is 4. The van der Waals surface area contributed by atoms with Gasteiger partial charge in [0.15, 0.2) is 5.78 Å². The Morgan fingerprint density at radius 2 is 1.59 bits per heavy atom. The minimum absolute atomic E-state index is 0.0152. The summed E-state index contributed by atoms with van der Waals surface area (Å²) in [4.78, 5) is 54.3. The molecular formula is C42H66N2O7. The number of nitrogens with zero attached hydrogens (tertiary/aromatic N) is 2. The van der Waals surface area contributed by atoms with E-state index in [4.69, 9.17) is 4.74 Å². The molecular weight excluding hydrogens is 644 g/mol. The smallest absolute Gasteiger partial charge is 0.309 e. The highest BCUT2D eigenvalue weighted by Crippen LogP contribution is 2.77. The zero-order valence-electron chi connectivity index (χ0n) is 33.0. The molecule has 1 saturated heterocycles. The maximum Gasteiger partial charge on any atom is 0.309 e. The molecule has 5 aliphatic carbocycles. The van der Waals surface area contributed by atoms with Crippen molar-refractivity contribution in [3.05, 3.63) is 11.1 Å². The topological polar surface area (TPSA) is 124 Å². The van der Waals surface area contributed by atoms with E-state index in [-0.39, 0.29) is 51.8 Å². The summed E-state index contributed by atoms with van der Waals surface area (Å²) in [6, 6.07) is 0. The van der Waals surface area contributed by atoms with Gasteiger partial charge < -0.3 is 19.8 Å². The molecule has 9 atom stereocenters. The second-order valence-electron chi connectivity index (χ2n) is 20.0. The Balaban J connectivity index is 1.27. The van der Waals surface area contributed by atoms with Crippen LogP contribution in [-0.4, -0.2) is 89.1 Å². The molecule has 51 heavy (non-hydrogen) atoms. The number of amides is 1. The maximum absolute atomic E-state index is 14.0. The monoisotopic (exact) mass is 710 g/mol. The van der Waals surface area contributed by atoms with E-state index in [1.807, 2.05) is 0 Å². The van der Waals surface area contributed by atoms with Gasteiger partial charge in [-0.1, -0.05) is 54.0 Å². The summed E-state index contributed by atoms with van der Waals surface area (Å²) < 4.78 is 6.16. The number of carbonyl (C=O) groups excluding carboxylic acids is 3. The zero-order valence-corrected chi connectivity index (χ0v) is 33.0. The summed E-state index contributed by atoms with van der Waals surface area (Å²) in [7, 11) is 0. The summed E-state index contributed by atoms with van der Waals surface area (Å²) >= 11 is 0. The van der Waals surface area contributed by atoms with E-state index >= 15 is 0 Å². The van der Waals surface area contributed by atoms with Crippen molar-refractivity contribution < 1.29 is 34.1 Å². The van der Waals surface area contributed by atoms with Gasteiger partial charge in [-0.3, -0.25) is 24.1 Å². The molecule has 0 bridgehead atoms. The maximum atomic E-state index is 14.0. The third-order valence-electron chi connectivity index (χ3n) is 16.5. The van der Waals surface area contributed by atoms with Gasteiger partial charge in [0, 0.05) is 50.0 Å². The Hall–Kier alpha value is -2.26. The van der Waals surface area contributed by atoms with Crippen molar-refractivity contribution in [1.29, 1.82) is 0 Å². The van der Waals surface area contributed by atoms with Crippen molar-refractivity contribution in [3.8, 4) is 0 Å². The van der Waals surface area contributed by atoms with E-state index in [1.165, 1.54) is 5.57 Å². The van der Waals surface area contributed by atoms with Crippen molar-refractivity contribution >= 4 is 24.1 Å². The van der Waals surface area contributed by atoms with Gasteiger partial charge in [0.2, 0.25) is 6.41 Å². The largest absolute Gasteiger partial charge is 0.481 e. The highest BCUT2D eigenvalue weighted by atomic mass is 16.5. The molecule has 0 radical (unpaired) electrons. The number of β-amino-alcohol motifs (C(OH)–C–C–N with tert-alkyl or cyclic N) is 1. The standard InChI is InChI=1S/C42H66N2O7/c1-26(2)34-28(46)22-42(31(47)24-43-18-20-44(25-45)21-19-43)17-16-40(8)27(35(34)42)10-11-30-39(7)14-13-32(51-33(48)23-37(3,4)36(49)50)38(5,6)29(39)12-15-41(30,40)9/h25-27,29-32,47H,10-24H2,1-9H3,(H,49,50). The van der Waals surface area contributed by atoms with E-state index in [0.29, 0.717) is 37.9 Å². The Kier molecular flexibility index (Phi) is 9.77. The number of hydrogen-bond donors (Lipinski definition) is 2. The highest BCUT2D eigenvalue weighted by Gasteiger charge is 2.71. The number of piperazine rings is 1. The summed E-state index contributed by atoms with van der Waals surface area (Å²) in [6.07, 6.45) is 8.11. The van der Waals surface area contributed by atoms with Crippen LogP contribution in [0.1, 0.15) is 127 Å². The molecule has 0 aromatic rings. The van der Waals surface area contributed by atoms with Gasteiger partial charge >= 0.3 is 11.9 Å². The summed E-state index contributed by atoms with van der Waals surface area (Å²) in [6.45, 7) is 23.0. The van der Waals surface area contributed by atoms with E-state index < -0.39 is 28.9 Å². The van der Waals surface area contributed by atoms with Gasteiger partial charge in [-0.05, 0) is 111 Å². The number of ketones is 1. The van der Waals surface area contributed by atoms with Gasteiger partial charge in [0.05, 0.1) is 17.9 Å². The zero-order chi connectivity index (χ0) is 37.5. The van der Waals surface area contributed by atoms with Gasteiger partial charge in [0.1, 0.15) is 6.10 Å². The first-order valence-corrected chi connectivity index (χ1v) is 20.0. The van der Waals surface area contributed by atoms with Crippen molar-refractivity contribution in [2.75, 3.05) is 32.7 Å². The predicted molar refractivity (Wildman–Crippen MR) is 195 cm³/mol. The van der Waals surface area contributed by atoms with E-state index in [0.717, 1.165) is 76.4 Å².